The second-order valence-corrected chi connectivity index (χ2v) is 5.24. The molecule has 2 amide bonds. The van der Waals surface area contributed by atoms with Gasteiger partial charge in [0.15, 0.2) is 0 Å². The Labute approximate surface area is 119 Å². The smallest absolute Gasteiger partial charge is 0.228 e. The molecule has 1 aromatic heterocycles. The molecule has 1 aliphatic rings. The van der Waals surface area contributed by atoms with E-state index in [0.29, 0.717) is 25.9 Å². The van der Waals surface area contributed by atoms with E-state index in [-0.39, 0.29) is 11.8 Å². The number of nitrogens with zero attached hydrogens (tertiary/aromatic N) is 2. The van der Waals surface area contributed by atoms with Crippen molar-refractivity contribution in [2.45, 2.75) is 32.6 Å². The van der Waals surface area contributed by atoms with E-state index in [4.69, 9.17) is 0 Å². The molecule has 2 rings (SSSR count). The van der Waals surface area contributed by atoms with Crippen LogP contribution in [0.4, 0.5) is 0 Å². The van der Waals surface area contributed by atoms with Gasteiger partial charge in [-0.05, 0) is 25.0 Å². The van der Waals surface area contributed by atoms with Crippen molar-refractivity contribution in [3.63, 3.8) is 0 Å². The zero-order valence-electron chi connectivity index (χ0n) is 12.1. The van der Waals surface area contributed by atoms with Gasteiger partial charge in [-0.1, -0.05) is 6.92 Å². The lowest BCUT2D eigenvalue weighted by Gasteiger charge is -2.22. The summed E-state index contributed by atoms with van der Waals surface area (Å²) in [4.78, 5) is 30.9. The molecule has 0 aromatic carbocycles. The van der Waals surface area contributed by atoms with Crippen molar-refractivity contribution in [1.29, 1.82) is 0 Å². The maximum absolute atomic E-state index is 12.2. The molecule has 5 nitrogen and oxygen atoms in total. The van der Waals surface area contributed by atoms with Gasteiger partial charge in [0, 0.05) is 44.5 Å². The first-order chi connectivity index (χ1) is 9.70. The fourth-order valence-electron chi connectivity index (χ4n) is 2.54. The molecule has 0 radical (unpaired) electrons. The molecule has 0 aliphatic carbocycles. The number of carbonyl (C=O) groups is 2. The molecule has 110 valence electrons. The fourth-order valence-corrected chi connectivity index (χ4v) is 2.54. The highest BCUT2D eigenvalue weighted by Crippen LogP contribution is 2.08. The number of H-pyrrole nitrogens is 1. The number of hydrogen-bond donors (Lipinski definition) is 1. The first-order valence-corrected chi connectivity index (χ1v) is 7.38. The van der Waals surface area contributed by atoms with Crippen molar-refractivity contribution in [1.82, 2.24) is 14.8 Å². The summed E-state index contributed by atoms with van der Waals surface area (Å²) < 4.78 is 0. The monoisotopic (exact) mass is 277 g/mol. The van der Waals surface area contributed by atoms with Crippen LogP contribution in [0.3, 0.4) is 0 Å². The second kappa shape index (κ2) is 7.12. The van der Waals surface area contributed by atoms with Gasteiger partial charge in [0.2, 0.25) is 11.8 Å². The third-order valence-corrected chi connectivity index (χ3v) is 3.67. The van der Waals surface area contributed by atoms with E-state index in [1.54, 1.807) is 0 Å². The molecule has 1 fully saturated rings. The minimum atomic E-state index is 0.136. The average Bonchev–Trinajstić information content (AvgIpc) is 2.80. The van der Waals surface area contributed by atoms with Crippen molar-refractivity contribution in [3.05, 3.63) is 24.0 Å². The third kappa shape index (κ3) is 3.85. The van der Waals surface area contributed by atoms with Crippen LogP contribution >= 0.6 is 0 Å². The summed E-state index contributed by atoms with van der Waals surface area (Å²) in [6.07, 6.45) is 4.60. The first-order valence-electron chi connectivity index (χ1n) is 7.38. The maximum Gasteiger partial charge on any atom is 0.228 e. The molecule has 1 aliphatic heterocycles. The summed E-state index contributed by atoms with van der Waals surface area (Å²) in [5.41, 5.74) is 0.943. The summed E-state index contributed by atoms with van der Waals surface area (Å²) in [6, 6.07) is 3.82. The van der Waals surface area contributed by atoms with Gasteiger partial charge in [0.05, 0.1) is 6.42 Å². The highest BCUT2D eigenvalue weighted by atomic mass is 16.2. The average molecular weight is 277 g/mol. The van der Waals surface area contributed by atoms with Gasteiger partial charge in [-0.2, -0.15) is 0 Å². The Morgan fingerprint density at radius 1 is 1.15 bits per heavy atom. The lowest BCUT2D eigenvalue weighted by molar-refractivity contribution is -0.133. The van der Waals surface area contributed by atoms with E-state index < -0.39 is 0 Å². The van der Waals surface area contributed by atoms with Crippen LogP contribution in [-0.2, 0) is 16.0 Å². The molecule has 0 saturated carbocycles. The van der Waals surface area contributed by atoms with Gasteiger partial charge in [-0.3, -0.25) is 9.59 Å². The summed E-state index contributed by atoms with van der Waals surface area (Å²) >= 11 is 0. The first kappa shape index (κ1) is 14.6. The maximum atomic E-state index is 12.2. The Morgan fingerprint density at radius 3 is 2.45 bits per heavy atom. The number of carbonyl (C=O) groups excluding carboxylic acids is 2. The Morgan fingerprint density at radius 2 is 1.85 bits per heavy atom. The van der Waals surface area contributed by atoms with Crippen LogP contribution in [0.2, 0.25) is 0 Å². The van der Waals surface area contributed by atoms with Gasteiger partial charge < -0.3 is 14.8 Å². The molecule has 0 spiro atoms. The van der Waals surface area contributed by atoms with Crippen molar-refractivity contribution >= 4 is 11.8 Å². The summed E-state index contributed by atoms with van der Waals surface area (Å²) in [7, 11) is 0. The van der Waals surface area contributed by atoms with Crippen molar-refractivity contribution in [3.8, 4) is 0 Å². The van der Waals surface area contributed by atoms with E-state index in [9.17, 15) is 9.59 Å². The zero-order valence-corrected chi connectivity index (χ0v) is 12.1. The minimum absolute atomic E-state index is 0.136. The summed E-state index contributed by atoms with van der Waals surface area (Å²) in [6.45, 7) is 4.84. The number of amides is 2. The molecule has 20 heavy (non-hydrogen) atoms. The quantitative estimate of drug-likeness (QED) is 0.905. The Balaban J connectivity index is 1.85. The standard InChI is InChI=1S/C15H23N3O2/c1-2-5-14(19)17-8-4-9-18(11-10-17)15(20)12-13-6-3-7-16-13/h3,6-7,16H,2,4-5,8-12H2,1H3. The van der Waals surface area contributed by atoms with Crippen LogP contribution in [-0.4, -0.2) is 52.8 Å². The van der Waals surface area contributed by atoms with Crippen LogP contribution in [0.25, 0.3) is 0 Å². The van der Waals surface area contributed by atoms with E-state index in [2.05, 4.69) is 4.98 Å². The molecule has 0 unspecified atom stereocenters. The number of rotatable bonds is 4. The topological polar surface area (TPSA) is 56.4 Å². The van der Waals surface area contributed by atoms with Gasteiger partial charge in [0.1, 0.15) is 0 Å². The number of aromatic nitrogens is 1. The van der Waals surface area contributed by atoms with Gasteiger partial charge in [0.25, 0.3) is 0 Å². The van der Waals surface area contributed by atoms with Crippen LogP contribution in [0.15, 0.2) is 18.3 Å². The lowest BCUT2D eigenvalue weighted by atomic mass is 10.2. The van der Waals surface area contributed by atoms with Gasteiger partial charge >= 0.3 is 0 Å². The van der Waals surface area contributed by atoms with E-state index in [1.165, 1.54) is 0 Å². The van der Waals surface area contributed by atoms with Crippen molar-refractivity contribution < 1.29 is 9.59 Å². The molecule has 1 N–H and O–H groups in total. The molecule has 0 bridgehead atoms. The minimum Gasteiger partial charge on any atom is -0.365 e. The normalized spacial score (nSPS) is 16.1. The van der Waals surface area contributed by atoms with Crippen LogP contribution in [0.5, 0.6) is 0 Å². The SMILES string of the molecule is CCCC(=O)N1CCCN(C(=O)Cc2ccc[nH]2)CC1. The van der Waals surface area contributed by atoms with E-state index in [0.717, 1.165) is 31.6 Å². The Bertz CT molecular complexity index is 442. The molecule has 1 aromatic rings. The highest BCUT2D eigenvalue weighted by molar-refractivity contribution is 5.79. The number of hydrogen-bond acceptors (Lipinski definition) is 2. The Hall–Kier alpha value is -1.78. The molecular formula is C15H23N3O2. The molecule has 0 atom stereocenters. The molecular weight excluding hydrogens is 254 g/mol. The van der Waals surface area contributed by atoms with Crippen LogP contribution < -0.4 is 0 Å². The number of nitrogens with one attached hydrogen (secondary N) is 1. The highest BCUT2D eigenvalue weighted by Gasteiger charge is 2.21. The van der Waals surface area contributed by atoms with Gasteiger partial charge in [-0.25, -0.2) is 0 Å². The van der Waals surface area contributed by atoms with E-state index in [1.807, 2.05) is 35.1 Å². The molecule has 1 saturated heterocycles. The van der Waals surface area contributed by atoms with Gasteiger partial charge in [-0.15, -0.1) is 0 Å². The van der Waals surface area contributed by atoms with Crippen molar-refractivity contribution in [2.24, 2.45) is 0 Å². The van der Waals surface area contributed by atoms with Crippen LogP contribution in [0, 0.1) is 0 Å². The fraction of sp³-hybridized carbons (Fsp3) is 0.600. The predicted molar refractivity (Wildman–Crippen MR) is 77.2 cm³/mol. The molecule has 2 heterocycles. The largest absolute Gasteiger partial charge is 0.365 e. The molecule has 5 heteroatoms. The van der Waals surface area contributed by atoms with Crippen molar-refractivity contribution in [2.75, 3.05) is 26.2 Å². The predicted octanol–water partition coefficient (Wildman–Crippen LogP) is 1.42. The van der Waals surface area contributed by atoms with Crippen LogP contribution in [0.1, 0.15) is 31.9 Å². The Kier molecular flexibility index (Phi) is 5.21. The lowest BCUT2D eigenvalue weighted by Crippen LogP contribution is -2.37. The summed E-state index contributed by atoms with van der Waals surface area (Å²) in [5.74, 6) is 0.350. The zero-order chi connectivity index (χ0) is 14.4. The summed E-state index contributed by atoms with van der Waals surface area (Å²) in [5, 5.41) is 0. The number of aromatic amines is 1. The third-order valence-electron chi connectivity index (χ3n) is 3.67. The van der Waals surface area contributed by atoms with E-state index >= 15 is 0 Å². The second-order valence-electron chi connectivity index (χ2n) is 5.24.